The summed E-state index contributed by atoms with van der Waals surface area (Å²) < 4.78 is 11.1. The summed E-state index contributed by atoms with van der Waals surface area (Å²) in [5, 5.41) is 2.90. The Bertz CT molecular complexity index is 771. The summed E-state index contributed by atoms with van der Waals surface area (Å²) in [4.78, 5) is 29.4. The average Bonchev–Trinajstić information content (AvgIpc) is 3.35. The van der Waals surface area contributed by atoms with Gasteiger partial charge in [-0.1, -0.05) is 6.92 Å². The van der Waals surface area contributed by atoms with E-state index in [0.29, 0.717) is 63.0 Å². The van der Waals surface area contributed by atoms with Gasteiger partial charge in [0.1, 0.15) is 19.3 Å². The second kappa shape index (κ2) is 7.50. The fraction of sp³-hybridized carbons (Fsp3) is 0.600. The Hall–Kier alpha value is -2.48. The third-order valence-electron chi connectivity index (χ3n) is 5.95. The number of carbonyl (C=O) groups excluding carboxylic acids is 2. The highest BCUT2D eigenvalue weighted by atomic mass is 16.6. The fourth-order valence-electron chi connectivity index (χ4n) is 4.17. The van der Waals surface area contributed by atoms with Crippen LogP contribution in [0.5, 0.6) is 11.5 Å². The van der Waals surface area contributed by atoms with Gasteiger partial charge in [-0.25, -0.2) is 4.79 Å². The molecule has 28 heavy (non-hydrogen) atoms. The molecule has 0 aliphatic carbocycles. The minimum Gasteiger partial charge on any atom is -0.486 e. The van der Waals surface area contributed by atoms with Gasteiger partial charge < -0.3 is 30.3 Å². The summed E-state index contributed by atoms with van der Waals surface area (Å²) in [5.74, 6) is 1.33. The van der Waals surface area contributed by atoms with Crippen LogP contribution < -0.4 is 20.5 Å². The highest BCUT2D eigenvalue weighted by Gasteiger charge is 2.41. The van der Waals surface area contributed by atoms with Gasteiger partial charge in [0.2, 0.25) is 5.91 Å². The number of carbonyl (C=O) groups is 2. The van der Waals surface area contributed by atoms with Gasteiger partial charge in [-0.2, -0.15) is 0 Å². The molecule has 1 unspecified atom stereocenters. The number of nitrogens with zero attached hydrogens (tertiary/aromatic N) is 2. The first-order valence-corrected chi connectivity index (χ1v) is 9.95. The minimum atomic E-state index is -0.405. The molecule has 0 bridgehead atoms. The Morgan fingerprint density at radius 3 is 2.79 bits per heavy atom. The molecule has 0 radical (unpaired) electrons. The van der Waals surface area contributed by atoms with Gasteiger partial charge in [-0.15, -0.1) is 0 Å². The minimum absolute atomic E-state index is 0.0213. The van der Waals surface area contributed by atoms with E-state index in [-0.39, 0.29) is 17.4 Å². The lowest BCUT2D eigenvalue weighted by atomic mass is 9.90. The summed E-state index contributed by atoms with van der Waals surface area (Å²) >= 11 is 0. The van der Waals surface area contributed by atoms with Crippen molar-refractivity contribution in [3.63, 3.8) is 0 Å². The zero-order valence-corrected chi connectivity index (χ0v) is 16.3. The van der Waals surface area contributed by atoms with Gasteiger partial charge in [0.05, 0.1) is 0 Å². The first-order valence-electron chi connectivity index (χ1n) is 9.95. The first-order chi connectivity index (χ1) is 13.5. The molecule has 8 heteroatoms. The Morgan fingerprint density at radius 2 is 2.04 bits per heavy atom. The molecule has 2 atom stereocenters. The van der Waals surface area contributed by atoms with Crippen LogP contribution in [0.15, 0.2) is 18.2 Å². The van der Waals surface area contributed by atoms with E-state index in [9.17, 15) is 9.59 Å². The van der Waals surface area contributed by atoms with Crippen molar-refractivity contribution in [3.05, 3.63) is 18.2 Å². The molecule has 3 aliphatic rings. The number of benzene rings is 1. The van der Waals surface area contributed by atoms with Crippen molar-refractivity contribution in [1.82, 2.24) is 9.80 Å². The fourth-order valence-corrected chi connectivity index (χ4v) is 4.17. The molecule has 0 saturated carbocycles. The van der Waals surface area contributed by atoms with Crippen LogP contribution in [-0.4, -0.2) is 67.2 Å². The Labute approximate surface area is 164 Å². The lowest BCUT2D eigenvalue weighted by Gasteiger charge is -2.29. The molecule has 4 rings (SSSR count). The number of anilines is 1. The van der Waals surface area contributed by atoms with E-state index < -0.39 is 6.04 Å². The standard InChI is InChI=1S/C20H28N4O4/c1-20(12-21)6-8-23(13-20)18(25)15-3-2-7-24(15)19(26)22-14-4-5-16-17(11-14)28-10-9-27-16/h4-5,11,15H,2-3,6-10,12-13,21H2,1H3,(H,22,26)/t15-,20?/m0/s1. The highest BCUT2D eigenvalue weighted by molar-refractivity contribution is 5.94. The molecule has 8 nitrogen and oxygen atoms in total. The van der Waals surface area contributed by atoms with Crippen molar-refractivity contribution < 1.29 is 19.1 Å². The summed E-state index contributed by atoms with van der Waals surface area (Å²) in [6, 6.07) is 4.66. The largest absolute Gasteiger partial charge is 0.486 e. The SMILES string of the molecule is CC1(CN)CCN(C(=O)[C@@H]2CCCN2C(=O)Nc2ccc3c(c2)OCCO3)C1. The predicted octanol–water partition coefficient (Wildman–Crippen LogP) is 1.65. The van der Waals surface area contributed by atoms with Gasteiger partial charge in [0.15, 0.2) is 11.5 Å². The Balaban J connectivity index is 1.42. The number of hydrogen-bond acceptors (Lipinski definition) is 5. The third kappa shape index (κ3) is 3.61. The predicted molar refractivity (Wildman–Crippen MR) is 105 cm³/mol. The molecule has 3 N–H and O–H groups in total. The second-order valence-corrected chi connectivity index (χ2v) is 8.16. The monoisotopic (exact) mass is 388 g/mol. The number of urea groups is 1. The van der Waals surface area contributed by atoms with Crippen LogP contribution >= 0.6 is 0 Å². The van der Waals surface area contributed by atoms with Gasteiger partial charge in [-0.05, 0) is 43.4 Å². The topological polar surface area (TPSA) is 97.1 Å². The molecule has 3 amide bonds. The van der Waals surface area contributed by atoms with Gasteiger partial charge in [0, 0.05) is 31.4 Å². The molecule has 2 saturated heterocycles. The molecule has 0 spiro atoms. The van der Waals surface area contributed by atoms with Gasteiger partial charge in [-0.3, -0.25) is 4.79 Å². The molecule has 3 aliphatic heterocycles. The van der Waals surface area contributed by atoms with Crippen LogP contribution in [0.2, 0.25) is 0 Å². The van der Waals surface area contributed by atoms with Crippen LogP contribution in [0.25, 0.3) is 0 Å². The number of rotatable bonds is 3. The number of nitrogens with two attached hydrogens (primary N) is 1. The van der Waals surface area contributed by atoms with Crippen molar-refractivity contribution in [3.8, 4) is 11.5 Å². The maximum Gasteiger partial charge on any atom is 0.322 e. The molecule has 2 fully saturated rings. The average molecular weight is 388 g/mol. The molecular formula is C20H28N4O4. The van der Waals surface area contributed by atoms with E-state index in [1.54, 1.807) is 23.1 Å². The van der Waals surface area contributed by atoms with Crippen molar-refractivity contribution in [1.29, 1.82) is 0 Å². The summed E-state index contributed by atoms with van der Waals surface area (Å²) in [6.07, 6.45) is 2.43. The zero-order chi connectivity index (χ0) is 19.7. The first kappa shape index (κ1) is 18.9. The normalized spacial score (nSPS) is 26.4. The van der Waals surface area contributed by atoms with E-state index in [2.05, 4.69) is 12.2 Å². The van der Waals surface area contributed by atoms with E-state index in [0.717, 1.165) is 12.8 Å². The lowest BCUT2D eigenvalue weighted by Crippen LogP contribution is -2.49. The van der Waals surface area contributed by atoms with Crippen LogP contribution in [0.3, 0.4) is 0 Å². The summed E-state index contributed by atoms with van der Waals surface area (Å²) in [7, 11) is 0. The van der Waals surface area contributed by atoms with Gasteiger partial charge >= 0.3 is 6.03 Å². The molecule has 3 heterocycles. The smallest absolute Gasteiger partial charge is 0.322 e. The zero-order valence-electron chi connectivity index (χ0n) is 16.3. The van der Waals surface area contributed by atoms with Crippen molar-refractivity contribution in [2.24, 2.45) is 11.1 Å². The molecule has 1 aromatic carbocycles. The quantitative estimate of drug-likeness (QED) is 0.821. The van der Waals surface area contributed by atoms with Crippen LogP contribution in [0, 0.1) is 5.41 Å². The number of likely N-dealkylation sites (tertiary alicyclic amines) is 2. The second-order valence-electron chi connectivity index (χ2n) is 8.16. The Kier molecular flexibility index (Phi) is 5.05. The maximum absolute atomic E-state index is 13.0. The van der Waals surface area contributed by atoms with Crippen molar-refractivity contribution in [2.45, 2.75) is 32.2 Å². The number of ether oxygens (including phenoxy) is 2. The highest BCUT2D eigenvalue weighted by Crippen LogP contribution is 2.33. The lowest BCUT2D eigenvalue weighted by molar-refractivity contribution is -0.134. The van der Waals surface area contributed by atoms with Crippen LogP contribution in [-0.2, 0) is 4.79 Å². The van der Waals surface area contributed by atoms with E-state index >= 15 is 0 Å². The maximum atomic E-state index is 13.0. The molecule has 1 aromatic rings. The summed E-state index contributed by atoms with van der Waals surface area (Å²) in [6.45, 7) is 5.64. The number of amides is 3. The van der Waals surface area contributed by atoms with E-state index in [1.165, 1.54) is 0 Å². The van der Waals surface area contributed by atoms with E-state index in [4.69, 9.17) is 15.2 Å². The van der Waals surface area contributed by atoms with Crippen molar-refractivity contribution in [2.75, 3.05) is 44.7 Å². The van der Waals surface area contributed by atoms with E-state index in [1.807, 2.05) is 4.90 Å². The van der Waals surface area contributed by atoms with Crippen LogP contribution in [0.4, 0.5) is 10.5 Å². The molecule has 0 aromatic heterocycles. The van der Waals surface area contributed by atoms with Crippen molar-refractivity contribution >= 4 is 17.6 Å². The number of hydrogen-bond donors (Lipinski definition) is 2. The molecular weight excluding hydrogens is 360 g/mol. The molecule has 152 valence electrons. The summed E-state index contributed by atoms with van der Waals surface area (Å²) in [5.41, 5.74) is 6.47. The third-order valence-corrected chi connectivity index (χ3v) is 5.95. The van der Waals surface area contributed by atoms with Gasteiger partial charge in [0.25, 0.3) is 0 Å². The number of fused-ring (bicyclic) bond motifs is 1. The Morgan fingerprint density at radius 1 is 1.25 bits per heavy atom. The van der Waals surface area contributed by atoms with Crippen LogP contribution in [0.1, 0.15) is 26.2 Å². The number of nitrogens with one attached hydrogen (secondary N) is 1.